The highest BCUT2D eigenvalue weighted by molar-refractivity contribution is 7.98. The molecule has 0 bridgehead atoms. The first-order valence-electron chi connectivity index (χ1n) is 2.80. The van der Waals surface area contributed by atoms with Crippen LogP contribution >= 0.6 is 11.8 Å². The molecule has 1 aromatic heterocycles. The molecule has 5 heteroatoms. The zero-order valence-electron chi connectivity index (χ0n) is 5.81. The van der Waals surface area contributed by atoms with Gasteiger partial charge in [-0.25, -0.2) is 14.8 Å². The first kappa shape index (κ1) is 7.91. The van der Waals surface area contributed by atoms with Crippen molar-refractivity contribution >= 4 is 23.5 Å². The zero-order valence-corrected chi connectivity index (χ0v) is 6.63. The van der Waals surface area contributed by atoms with Crippen LogP contribution in [0.2, 0.25) is 0 Å². The molecule has 0 aliphatic carbocycles. The zero-order chi connectivity index (χ0) is 8.10. The molecule has 0 atom stereocenters. The smallest absolute Gasteiger partial charge is 0.229 e. The summed E-state index contributed by atoms with van der Waals surface area (Å²) < 4.78 is 0. The largest absolute Gasteiger partial charge is 0.240 e. The minimum Gasteiger partial charge on any atom is -0.229 e. The van der Waals surface area contributed by atoms with Gasteiger partial charge in [0.25, 0.3) is 0 Å². The number of isocyanates is 1. The second-order valence-electron chi connectivity index (χ2n) is 1.63. The van der Waals surface area contributed by atoms with Crippen molar-refractivity contribution in [2.75, 3.05) is 6.26 Å². The normalized spacial score (nSPS) is 8.82. The Labute approximate surface area is 67.8 Å². The molecule has 1 heterocycles. The molecular formula is C6H5N3OS. The third-order valence-corrected chi connectivity index (χ3v) is 1.55. The van der Waals surface area contributed by atoms with Gasteiger partial charge < -0.3 is 0 Å². The number of aromatic nitrogens is 2. The molecule has 0 radical (unpaired) electrons. The van der Waals surface area contributed by atoms with Crippen LogP contribution in [-0.4, -0.2) is 22.3 Å². The summed E-state index contributed by atoms with van der Waals surface area (Å²) in [5.74, 6) is 0. The van der Waals surface area contributed by atoms with E-state index in [0.29, 0.717) is 10.8 Å². The number of thioether (sulfide) groups is 1. The molecule has 0 saturated heterocycles. The van der Waals surface area contributed by atoms with Crippen molar-refractivity contribution in [1.29, 1.82) is 0 Å². The maximum absolute atomic E-state index is 9.78. The fourth-order valence-electron chi connectivity index (χ4n) is 0.525. The minimum atomic E-state index is 0.429. The second kappa shape index (κ2) is 3.85. The lowest BCUT2D eigenvalue weighted by Crippen LogP contribution is -1.81. The number of hydrogen-bond acceptors (Lipinski definition) is 5. The average Bonchev–Trinajstić information content (AvgIpc) is 2.07. The van der Waals surface area contributed by atoms with E-state index in [1.54, 1.807) is 0 Å². The van der Waals surface area contributed by atoms with Gasteiger partial charge in [0.15, 0.2) is 5.16 Å². The predicted molar refractivity (Wildman–Crippen MR) is 41.6 cm³/mol. The van der Waals surface area contributed by atoms with Gasteiger partial charge in [0.2, 0.25) is 6.08 Å². The van der Waals surface area contributed by atoms with Gasteiger partial charge in [-0.05, 0) is 6.26 Å². The molecule has 0 spiro atoms. The molecule has 56 valence electrons. The molecule has 0 unspecified atom stereocenters. The third kappa shape index (κ3) is 2.14. The maximum atomic E-state index is 9.78. The van der Waals surface area contributed by atoms with E-state index in [4.69, 9.17) is 0 Å². The Morgan fingerprint density at radius 1 is 1.55 bits per heavy atom. The Balaban J connectivity index is 2.91. The second-order valence-corrected chi connectivity index (χ2v) is 2.40. The van der Waals surface area contributed by atoms with E-state index in [1.807, 2.05) is 6.26 Å². The van der Waals surface area contributed by atoms with Gasteiger partial charge in [-0.15, -0.1) is 0 Å². The summed E-state index contributed by atoms with van der Waals surface area (Å²) in [5.41, 5.74) is 0.429. The lowest BCUT2D eigenvalue weighted by molar-refractivity contribution is 0.565. The van der Waals surface area contributed by atoms with E-state index in [0.717, 1.165) is 0 Å². The Hall–Kier alpha value is -1.19. The van der Waals surface area contributed by atoms with E-state index >= 15 is 0 Å². The van der Waals surface area contributed by atoms with Crippen LogP contribution in [-0.2, 0) is 4.79 Å². The Morgan fingerprint density at radius 2 is 2.18 bits per heavy atom. The molecule has 0 aliphatic rings. The predicted octanol–water partition coefficient (Wildman–Crippen LogP) is 1.17. The molecule has 0 N–H and O–H groups in total. The Kier molecular flexibility index (Phi) is 2.77. The fraction of sp³-hybridized carbons (Fsp3) is 0.167. The highest BCUT2D eigenvalue weighted by Crippen LogP contribution is 2.11. The number of carbonyl (C=O) groups excluding carboxylic acids is 1. The molecule has 1 rings (SSSR count). The highest BCUT2D eigenvalue weighted by atomic mass is 32.2. The molecule has 11 heavy (non-hydrogen) atoms. The van der Waals surface area contributed by atoms with Crippen LogP contribution in [0, 0.1) is 0 Å². The molecule has 4 nitrogen and oxygen atoms in total. The van der Waals surface area contributed by atoms with Crippen LogP contribution in [0.3, 0.4) is 0 Å². The van der Waals surface area contributed by atoms with Gasteiger partial charge in [0, 0.05) is 0 Å². The van der Waals surface area contributed by atoms with Crippen molar-refractivity contribution in [3.63, 3.8) is 0 Å². The summed E-state index contributed by atoms with van der Waals surface area (Å²) in [7, 11) is 0. The lowest BCUT2D eigenvalue weighted by Gasteiger charge is -1.91. The molecule has 0 aromatic carbocycles. The summed E-state index contributed by atoms with van der Waals surface area (Å²) >= 11 is 1.43. The molecule has 0 saturated carbocycles. The van der Waals surface area contributed by atoms with Crippen LogP contribution in [0.25, 0.3) is 0 Å². The summed E-state index contributed by atoms with van der Waals surface area (Å²) in [6.45, 7) is 0. The minimum absolute atomic E-state index is 0.429. The van der Waals surface area contributed by atoms with E-state index in [1.165, 1.54) is 30.2 Å². The summed E-state index contributed by atoms with van der Waals surface area (Å²) in [6.07, 6.45) is 6.23. The van der Waals surface area contributed by atoms with E-state index < -0.39 is 0 Å². The van der Waals surface area contributed by atoms with E-state index in [-0.39, 0.29) is 0 Å². The van der Waals surface area contributed by atoms with Gasteiger partial charge >= 0.3 is 0 Å². The number of rotatable bonds is 2. The standard InChI is InChI=1S/C6H5N3OS/c1-11-6-7-2-5(3-8-6)9-4-10/h2-3H,1H3. The average molecular weight is 167 g/mol. The summed E-state index contributed by atoms with van der Waals surface area (Å²) in [4.78, 5) is 20.9. The lowest BCUT2D eigenvalue weighted by atomic mass is 10.6. The quantitative estimate of drug-likeness (QED) is 0.287. The molecule has 0 fully saturated rings. The Morgan fingerprint density at radius 3 is 2.64 bits per heavy atom. The van der Waals surface area contributed by atoms with Gasteiger partial charge in [-0.2, -0.15) is 4.99 Å². The summed E-state index contributed by atoms with van der Waals surface area (Å²) in [5, 5.41) is 0.662. The van der Waals surface area contributed by atoms with Gasteiger partial charge in [-0.1, -0.05) is 11.8 Å². The van der Waals surface area contributed by atoms with Crippen molar-refractivity contribution < 1.29 is 4.79 Å². The van der Waals surface area contributed by atoms with Gasteiger partial charge in [0.1, 0.15) is 5.69 Å². The van der Waals surface area contributed by atoms with Crippen LogP contribution in [0.15, 0.2) is 22.5 Å². The first-order chi connectivity index (χ1) is 5.36. The van der Waals surface area contributed by atoms with Crippen molar-refractivity contribution in [1.82, 2.24) is 9.97 Å². The van der Waals surface area contributed by atoms with Crippen LogP contribution < -0.4 is 0 Å². The van der Waals surface area contributed by atoms with Crippen LogP contribution in [0.4, 0.5) is 5.69 Å². The first-order valence-corrected chi connectivity index (χ1v) is 4.03. The fourth-order valence-corrected chi connectivity index (χ4v) is 0.841. The Bertz CT molecular complexity index is 278. The van der Waals surface area contributed by atoms with Crippen molar-refractivity contribution in [3.8, 4) is 0 Å². The third-order valence-electron chi connectivity index (χ3n) is 0.972. The number of aliphatic imine (C=N–C) groups is 1. The van der Waals surface area contributed by atoms with Crippen LogP contribution in [0.5, 0.6) is 0 Å². The van der Waals surface area contributed by atoms with Crippen molar-refractivity contribution in [3.05, 3.63) is 12.4 Å². The molecule has 0 amide bonds. The summed E-state index contributed by atoms with van der Waals surface area (Å²) in [6, 6.07) is 0. The molecule has 0 aliphatic heterocycles. The topological polar surface area (TPSA) is 55.2 Å². The van der Waals surface area contributed by atoms with Crippen molar-refractivity contribution in [2.24, 2.45) is 4.99 Å². The monoisotopic (exact) mass is 167 g/mol. The molecular weight excluding hydrogens is 162 g/mol. The van der Waals surface area contributed by atoms with Gasteiger partial charge in [-0.3, -0.25) is 0 Å². The molecule has 1 aromatic rings. The maximum Gasteiger partial charge on any atom is 0.240 e. The SMILES string of the molecule is CSc1ncc(N=C=O)cn1. The van der Waals surface area contributed by atoms with E-state index in [9.17, 15) is 4.79 Å². The number of hydrogen-bond donors (Lipinski definition) is 0. The highest BCUT2D eigenvalue weighted by Gasteiger charge is 1.92. The van der Waals surface area contributed by atoms with Gasteiger partial charge in [0.05, 0.1) is 12.4 Å². The number of nitrogens with zero attached hydrogens (tertiary/aromatic N) is 3. The van der Waals surface area contributed by atoms with E-state index in [2.05, 4.69) is 15.0 Å². The van der Waals surface area contributed by atoms with Crippen molar-refractivity contribution in [2.45, 2.75) is 5.16 Å². The van der Waals surface area contributed by atoms with Crippen LogP contribution in [0.1, 0.15) is 0 Å².